The zero-order valence-electron chi connectivity index (χ0n) is 13.7. The summed E-state index contributed by atoms with van der Waals surface area (Å²) in [6, 6.07) is 4.01. The highest BCUT2D eigenvalue weighted by molar-refractivity contribution is 7.10. The fourth-order valence-corrected chi connectivity index (χ4v) is 3.68. The van der Waals surface area contributed by atoms with Crippen molar-refractivity contribution in [1.82, 2.24) is 14.7 Å². The summed E-state index contributed by atoms with van der Waals surface area (Å²) >= 11 is 1.63. The molecule has 0 saturated heterocycles. The van der Waals surface area contributed by atoms with Gasteiger partial charge in [0.15, 0.2) is 0 Å². The molecule has 1 aliphatic rings. The van der Waals surface area contributed by atoms with Crippen LogP contribution in [-0.2, 0) is 29.0 Å². The number of nitrogens with zero attached hydrogens (tertiary/aromatic N) is 3. The third-order valence-electron chi connectivity index (χ3n) is 4.16. The Kier molecular flexibility index (Phi) is 5.13. The molecule has 5 nitrogen and oxygen atoms in total. The molecule has 0 spiro atoms. The second-order valence-corrected chi connectivity index (χ2v) is 6.81. The molecule has 0 N–H and O–H groups in total. The van der Waals surface area contributed by atoms with Gasteiger partial charge in [0.1, 0.15) is 0 Å². The number of hydrogen-bond donors (Lipinski definition) is 0. The predicted molar refractivity (Wildman–Crippen MR) is 90.6 cm³/mol. The second-order valence-electron chi connectivity index (χ2n) is 5.78. The van der Waals surface area contributed by atoms with Gasteiger partial charge in [-0.2, -0.15) is 5.10 Å². The average molecular weight is 333 g/mol. The molecule has 124 valence electrons. The van der Waals surface area contributed by atoms with Crippen molar-refractivity contribution >= 4 is 17.2 Å². The molecule has 1 unspecified atom stereocenters. The van der Waals surface area contributed by atoms with Crippen LogP contribution in [0.15, 0.2) is 23.7 Å². The minimum Gasteiger partial charge on any atom is -0.381 e. The molecule has 1 amide bonds. The van der Waals surface area contributed by atoms with Crippen LogP contribution >= 0.6 is 11.3 Å². The molecule has 23 heavy (non-hydrogen) atoms. The van der Waals surface area contributed by atoms with Crippen LogP contribution in [0.2, 0.25) is 0 Å². The summed E-state index contributed by atoms with van der Waals surface area (Å²) in [4.78, 5) is 15.7. The van der Waals surface area contributed by atoms with Gasteiger partial charge in [0.2, 0.25) is 5.91 Å². The number of fused-ring (bicyclic) bond motifs is 1. The van der Waals surface area contributed by atoms with Gasteiger partial charge in [0, 0.05) is 48.8 Å². The number of hydrogen-bond acceptors (Lipinski definition) is 4. The Balaban J connectivity index is 1.76. The van der Waals surface area contributed by atoms with Gasteiger partial charge in [-0.1, -0.05) is 6.07 Å². The molecule has 0 radical (unpaired) electrons. The molecule has 0 saturated carbocycles. The van der Waals surface area contributed by atoms with Crippen LogP contribution in [0.4, 0.5) is 0 Å². The molecule has 6 heteroatoms. The van der Waals surface area contributed by atoms with Crippen molar-refractivity contribution in [3.05, 3.63) is 39.8 Å². The van der Waals surface area contributed by atoms with Crippen LogP contribution in [0.5, 0.6) is 0 Å². The zero-order valence-corrected chi connectivity index (χ0v) is 14.5. The minimum absolute atomic E-state index is 0.166. The first-order chi connectivity index (χ1) is 11.2. The Labute approximate surface area is 140 Å². The van der Waals surface area contributed by atoms with E-state index in [9.17, 15) is 4.79 Å². The fourth-order valence-electron chi connectivity index (χ4n) is 2.98. The van der Waals surface area contributed by atoms with E-state index in [-0.39, 0.29) is 11.8 Å². The number of aromatic nitrogens is 2. The highest BCUT2D eigenvalue weighted by Crippen LogP contribution is 2.28. The molecular weight excluding hydrogens is 310 g/mol. The van der Waals surface area contributed by atoms with Gasteiger partial charge < -0.3 is 9.64 Å². The highest BCUT2D eigenvalue weighted by atomic mass is 32.1. The first-order valence-corrected chi connectivity index (χ1v) is 9.03. The van der Waals surface area contributed by atoms with Gasteiger partial charge in [-0.15, -0.1) is 11.3 Å². The van der Waals surface area contributed by atoms with Crippen LogP contribution in [0.1, 0.15) is 35.9 Å². The quantitative estimate of drug-likeness (QED) is 0.816. The van der Waals surface area contributed by atoms with E-state index in [4.69, 9.17) is 4.74 Å². The second kappa shape index (κ2) is 7.27. The van der Waals surface area contributed by atoms with Crippen LogP contribution < -0.4 is 0 Å². The summed E-state index contributed by atoms with van der Waals surface area (Å²) in [6.45, 7) is 7.57. The van der Waals surface area contributed by atoms with Gasteiger partial charge in [-0.3, -0.25) is 9.48 Å². The van der Waals surface area contributed by atoms with Gasteiger partial charge in [0.25, 0.3) is 0 Å². The van der Waals surface area contributed by atoms with Gasteiger partial charge in [0.05, 0.1) is 18.7 Å². The van der Waals surface area contributed by atoms with Crippen molar-refractivity contribution in [2.45, 2.75) is 39.3 Å². The zero-order chi connectivity index (χ0) is 16.2. The van der Waals surface area contributed by atoms with E-state index in [2.05, 4.69) is 18.2 Å². The number of carbonyl (C=O) groups is 1. The lowest BCUT2D eigenvalue weighted by Gasteiger charge is -2.31. The third kappa shape index (κ3) is 3.64. The average Bonchev–Trinajstić information content (AvgIpc) is 3.20. The van der Waals surface area contributed by atoms with Crippen LogP contribution in [0.25, 0.3) is 0 Å². The van der Waals surface area contributed by atoms with Crippen molar-refractivity contribution in [2.24, 2.45) is 0 Å². The number of thiophene rings is 1. The first kappa shape index (κ1) is 16.2. The van der Waals surface area contributed by atoms with Crippen LogP contribution in [0, 0.1) is 0 Å². The molecule has 0 aliphatic carbocycles. The maximum absolute atomic E-state index is 12.6. The highest BCUT2D eigenvalue weighted by Gasteiger charge is 2.31. The predicted octanol–water partition coefficient (Wildman–Crippen LogP) is 2.67. The number of ether oxygens (including phenoxy) is 1. The van der Waals surface area contributed by atoms with Crippen molar-refractivity contribution < 1.29 is 9.53 Å². The van der Waals surface area contributed by atoms with E-state index in [1.54, 1.807) is 11.3 Å². The standard InChI is InChI=1S/C17H23N3O2S/c1-3-20-11-13-9-19(16(21)8-15-6-5-7-23-15)10-14(12-22-4-2)17(13)18-20/h5-7,11,14H,3-4,8-10,12H2,1-2H3. The number of amides is 1. The molecular formula is C17H23N3O2S. The van der Waals surface area contributed by atoms with Crippen molar-refractivity contribution in [2.75, 3.05) is 19.8 Å². The molecule has 2 aromatic heterocycles. The number of rotatable bonds is 6. The maximum atomic E-state index is 12.6. The maximum Gasteiger partial charge on any atom is 0.228 e. The molecule has 2 aromatic rings. The monoisotopic (exact) mass is 333 g/mol. The van der Waals surface area contributed by atoms with E-state index in [1.165, 1.54) is 0 Å². The lowest BCUT2D eigenvalue weighted by Crippen LogP contribution is -2.40. The lowest BCUT2D eigenvalue weighted by molar-refractivity contribution is -0.132. The summed E-state index contributed by atoms with van der Waals surface area (Å²) in [6.07, 6.45) is 2.55. The fraction of sp³-hybridized carbons (Fsp3) is 0.529. The number of carbonyl (C=O) groups excluding carboxylic acids is 1. The van der Waals surface area contributed by atoms with E-state index >= 15 is 0 Å². The summed E-state index contributed by atoms with van der Waals surface area (Å²) in [5.41, 5.74) is 2.25. The Morgan fingerprint density at radius 1 is 1.48 bits per heavy atom. The summed E-state index contributed by atoms with van der Waals surface area (Å²) in [5, 5.41) is 6.69. The van der Waals surface area contributed by atoms with Crippen molar-refractivity contribution in [3.8, 4) is 0 Å². The molecule has 1 aliphatic heterocycles. The lowest BCUT2D eigenvalue weighted by atomic mass is 9.97. The van der Waals surface area contributed by atoms with Crippen molar-refractivity contribution in [3.63, 3.8) is 0 Å². The van der Waals surface area contributed by atoms with E-state index in [1.807, 2.05) is 34.0 Å². The van der Waals surface area contributed by atoms with E-state index in [0.717, 1.165) is 22.7 Å². The first-order valence-electron chi connectivity index (χ1n) is 8.15. The van der Waals surface area contributed by atoms with Crippen molar-refractivity contribution in [1.29, 1.82) is 0 Å². The van der Waals surface area contributed by atoms with Gasteiger partial charge in [-0.05, 0) is 25.3 Å². The van der Waals surface area contributed by atoms with Crippen LogP contribution in [-0.4, -0.2) is 40.3 Å². The normalized spacial score (nSPS) is 17.3. The number of aryl methyl sites for hydroxylation is 1. The molecule has 0 fully saturated rings. The Bertz CT molecular complexity index is 651. The Morgan fingerprint density at radius 3 is 3.04 bits per heavy atom. The molecule has 3 rings (SSSR count). The molecule has 3 heterocycles. The summed E-state index contributed by atoms with van der Waals surface area (Å²) in [7, 11) is 0. The molecule has 0 bridgehead atoms. The largest absolute Gasteiger partial charge is 0.381 e. The molecule has 1 atom stereocenters. The third-order valence-corrected chi connectivity index (χ3v) is 5.04. The summed E-state index contributed by atoms with van der Waals surface area (Å²) in [5.74, 6) is 0.350. The minimum atomic E-state index is 0.166. The Hall–Kier alpha value is -1.66. The van der Waals surface area contributed by atoms with Gasteiger partial charge >= 0.3 is 0 Å². The van der Waals surface area contributed by atoms with Gasteiger partial charge in [-0.25, -0.2) is 0 Å². The summed E-state index contributed by atoms with van der Waals surface area (Å²) < 4.78 is 7.58. The Morgan fingerprint density at radius 2 is 2.35 bits per heavy atom. The van der Waals surface area contributed by atoms with Crippen LogP contribution in [0.3, 0.4) is 0 Å². The topological polar surface area (TPSA) is 47.4 Å². The SMILES string of the molecule is CCOCC1CN(C(=O)Cc2cccs2)Cc2cn(CC)nc21. The smallest absolute Gasteiger partial charge is 0.228 e. The van der Waals surface area contributed by atoms with E-state index in [0.29, 0.717) is 32.7 Å². The molecule has 0 aromatic carbocycles. The van der Waals surface area contributed by atoms with E-state index < -0.39 is 0 Å².